The summed E-state index contributed by atoms with van der Waals surface area (Å²) in [7, 11) is 0. The van der Waals surface area contributed by atoms with E-state index < -0.39 is 11.5 Å². The van der Waals surface area contributed by atoms with Crippen LogP contribution in [-0.4, -0.2) is 29.5 Å². The first kappa shape index (κ1) is 22.4. The minimum absolute atomic E-state index is 0.0534. The second-order valence-corrected chi connectivity index (χ2v) is 10.8. The fourth-order valence-corrected chi connectivity index (χ4v) is 5.83. The Morgan fingerprint density at radius 2 is 1.86 bits per heavy atom. The van der Waals surface area contributed by atoms with Crippen LogP contribution in [0.1, 0.15) is 65.9 Å². The first-order valence-corrected chi connectivity index (χ1v) is 11.3. The first-order valence-electron chi connectivity index (χ1n) is 11.3. The van der Waals surface area contributed by atoms with Gasteiger partial charge in [-0.25, -0.2) is 0 Å². The van der Waals surface area contributed by atoms with E-state index in [0.717, 1.165) is 31.4 Å². The van der Waals surface area contributed by atoms with Gasteiger partial charge in [0, 0.05) is 5.41 Å². The number of fused-ring (bicyclic) bond motifs is 1. The molecule has 2 aliphatic rings. The van der Waals surface area contributed by atoms with E-state index in [-0.39, 0.29) is 12.0 Å². The van der Waals surface area contributed by atoms with E-state index in [2.05, 4.69) is 65.5 Å². The van der Waals surface area contributed by atoms with Crippen molar-refractivity contribution in [2.24, 2.45) is 29.1 Å². The van der Waals surface area contributed by atoms with Crippen molar-refractivity contribution in [3.8, 4) is 5.75 Å². The smallest absolute Gasteiger partial charge is 0.119 e. The van der Waals surface area contributed by atoms with Crippen LogP contribution in [0.4, 0.5) is 0 Å². The number of rotatable bonds is 5. The predicted octanol–water partition coefficient (Wildman–Crippen LogP) is 5.35. The van der Waals surface area contributed by atoms with E-state index in [1.54, 1.807) is 0 Å². The Kier molecular flexibility index (Phi) is 6.50. The maximum absolute atomic E-state index is 10.7. The Morgan fingerprint density at radius 1 is 1.21 bits per heavy atom. The molecule has 0 radical (unpaired) electrons. The van der Waals surface area contributed by atoms with Crippen molar-refractivity contribution in [3.63, 3.8) is 0 Å². The van der Waals surface area contributed by atoms with Gasteiger partial charge >= 0.3 is 0 Å². The SMILES string of the molecule is C=C1CCC2[C@@H](C(C)C[C@@H](O)[C@@]2(C)CO)[C@H]1CCOc1ccc(C(C)(C)C)cc1. The van der Waals surface area contributed by atoms with Crippen LogP contribution in [0.15, 0.2) is 36.4 Å². The van der Waals surface area contributed by atoms with Crippen LogP contribution in [-0.2, 0) is 5.41 Å². The molecular formula is C26H40O3. The van der Waals surface area contributed by atoms with E-state index >= 15 is 0 Å². The Balaban J connectivity index is 1.67. The second-order valence-electron chi connectivity index (χ2n) is 10.8. The molecule has 1 aromatic rings. The van der Waals surface area contributed by atoms with Gasteiger partial charge in [0.05, 0.1) is 19.3 Å². The van der Waals surface area contributed by atoms with Gasteiger partial charge in [-0.3, -0.25) is 0 Å². The van der Waals surface area contributed by atoms with Gasteiger partial charge in [0.25, 0.3) is 0 Å². The van der Waals surface area contributed by atoms with Gasteiger partial charge in [0.15, 0.2) is 0 Å². The molecule has 29 heavy (non-hydrogen) atoms. The molecule has 0 aromatic heterocycles. The second kappa shape index (κ2) is 8.43. The van der Waals surface area contributed by atoms with Crippen molar-refractivity contribution in [1.82, 2.24) is 0 Å². The number of allylic oxidation sites excluding steroid dienone is 1. The Morgan fingerprint density at radius 3 is 2.45 bits per heavy atom. The zero-order valence-corrected chi connectivity index (χ0v) is 18.9. The molecule has 6 atom stereocenters. The Hall–Kier alpha value is -1.32. The van der Waals surface area contributed by atoms with Crippen LogP contribution in [0.2, 0.25) is 0 Å². The van der Waals surface area contributed by atoms with E-state index in [0.29, 0.717) is 30.3 Å². The van der Waals surface area contributed by atoms with Crippen molar-refractivity contribution in [3.05, 3.63) is 42.0 Å². The molecule has 2 unspecified atom stereocenters. The summed E-state index contributed by atoms with van der Waals surface area (Å²) in [5, 5.41) is 20.8. The summed E-state index contributed by atoms with van der Waals surface area (Å²) < 4.78 is 6.10. The van der Waals surface area contributed by atoms with Crippen LogP contribution < -0.4 is 4.74 Å². The standard InChI is InChI=1S/C26H40O3/c1-17-7-12-22-24(18(2)15-23(28)26(22,6)16-27)21(17)13-14-29-20-10-8-19(9-11-20)25(3,4)5/h8-11,18,21-24,27-28H,1,7,12-16H2,2-6H3/t18?,21-,22?,23+,24-,26-/m0/s1. The lowest BCUT2D eigenvalue weighted by Gasteiger charge is -2.56. The summed E-state index contributed by atoms with van der Waals surface area (Å²) in [4.78, 5) is 0. The molecule has 162 valence electrons. The van der Waals surface area contributed by atoms with Gasteiger partial charge < -0.3 is 14.9 Å². The number of ether oxygens (including phenoxy) is 1. The van der Waals surface area contributed by atoms with Crippen LogP contribution in [0.3, 0.4) is 0 Å². The lowest BCUT2D eigenvalue weighted by atomic mass is 9.50. The molecule has 0 heterocycles. The number of hydrogen-bond acceptors (Lipinski definition) is 3. The largest absolute Gasteiger partial charge is 0.494 e. The van der Waals surface area contributed by atoms with E-state index in [1.807, 2.05) is 0 Å². The van der Waals surface area contributed by atoms with Gasteiger partial charge in [0.2, 0.25) is 0 Å². The van der Waals surface area contributed by atoms with E-state index in [9.17, 15) is 10.2 Å². The summed E-state index contributed by atoms with van der Waals surface area (Å²) in [6.07, 6.45) is 3.29. The molecule has 0 spiro atoms. The van der Waals surface area contributed by atoms with Crippen LogP contribution in [0, 0.1) is 29.1 Å². The molecule has 0 saturated heterocycles. The first-order chi connectivity index (χ1) is 13.6. The molecule has 0 bridgehead atoms. The summed E-state index contributed by atoms with van der Waals surface area (Å²) in [6.45, 7) is 16.1. The van der Waals surface area contributed by atoms with Crippen LogP contribution in [0.25, 0.3) is 0 Å². The fraction of sp³-hybridized carbons (Fsp3) is 0.692. The lowest BCUT2D eigenvalue weighted by molar-refractivity contribution is -0.135. The molecule has 3 rings (SSSR count). The van der Waals surface area contributed by atoms with Crippen molar-refractivity contribution in [2.75, 3.05) is 13.2 Å². The molecular weight excluding hydrogens is 360 g/mol. The van der Waals surface area contributed by atoms with Gasteiger partial charge in [-0.1, -0.05) is 58.9 Å². The third-order valence-electron chi connectivity index (χ3n) is 7.85. The molecule has 3 nitrogen and oxygen atoms in total. The summed E-state index contributed by atoms with van der Waals surface area (Å²) >= 11 is 0. The summed E-state index contributed by atoms with van der Waals surface area (Å²) in [6, 6.07) is 8.45. The van der Waals surface area contributed by atoms with Crippen molar-refractivity contribution < 1.29 is 14.9 Å². The summed E-state index contributed by atoms with van der Waals surface area (Å²) in [5.74, 6) is 2.55. The molecule has 2 N–H and O–H groups in total. The van der Waals surface area contributed by atoms with Crippen molar-refractivity contribution in [1.29, 1.82) is 0 Å². The molecule has 2 fully saturated rings. The van der Waals surface area contributed by atoms with Crippen molar-refractivity contribution in [2.45, 2.75) is 71.8 Å². The quantitative estimate of drug-likeness (QED) is 0.655. The number of aliphatic hydroxyl groups is 2. The molecule has 0 aliphatic heterocycles. The van der Waals surface area contributed by atoms with Gasteiger partial charge in [-0.2, -0.15) is 0 Å². The highest BCUT2D eigenvalue weighted by Crippen LogP contribution is 2.56. The Bertz CT molecular complexity index is 702. The minimum atomic E-state index is -0.423. The maximum Gasteiger partial charge on any atom is 0.119 e. The third kappa shape index (κ3) is 4.41. The van der Waals surface area contributed by atoms with Gasteiger partial charge in [-0.15, -0.1) is 0 Å². The highest BCUT2D eigenvalue weighted by atomic mass is 16.5. The monoisotopic (exact) mass is 400 g/mol. The third-order valence-corrected chi connectivity index (χ3v) is 7.85. The predicted molar refractivity (Wildman–Crippen MR) is 119 cm³/mol. The lowest BCUT2D eigenvalue weighted by Crippen LogP contribution is -2.55. The zero-order chi connectivity index (χ0) is 21.4. The molecule has 1 aromatic carbocycles. The zero-order valence-electron chi connectivity index (χ0n) is 18.9. The topological polar surface area (TPSA) is 49.7 Å². The van der Waals surface area contributed by atoms with Crippen molar-refractivity contribution >= 4 is 0 Å². The minimum Gasteiger partial charge on any atom is -0.494 e. The highest BCUT2D eigenvalue weighted by molar-refractivity contribution is 5.31. The Labute approximate surface area is 177 Å². The maximum atomic E-state index is 10.7. The molecule has 3 heteroatoms. The summed E-state index contributed by atoms with van der Waals surface area (Å²) in [5.41, 5.74) is 2.38. The van der Waals surface area contributed by atoms with Crippen LogP contribution >= 0.6 is 0 Å². The van der Waals surface area contributed by atoms with Gasteiger partial charge in [0.1, 0.15) is 5.75 Å². The highest BCUT2D eigenvalue weighted by Gasteiger charge is 2.53. The molecule has 2 saturated carbocycles. The number of hydrogen-bond donors (Lipinski definition) is 2. The molecule has 0 amide bonds. The average molecular weight is 401 g/mol. The van der Waals surface area contributed by atoms with E-state index in [1.165, 1.54) is 11.1 Å². The normalized spacial score (nSPS) is 35.3. The average Bonchev–Trinajstić information content (AvgIpc) is 2.67. The number of aliphatic hydroxyl groups excluding tert-OH is 2. The number of benzene rings is 1. The van der Waals surface area contributed by atoms with Gasteiger partial charge in [-0.05, 0) is 72.5 Å². The molecule has 2 aliphatic carbocycles. The fourth-order valence-electron chi connectivity index (χ4n) is 5.83. The van der Waals surface area contributed by atoms with Crippen LogP contribution in [0.5, 0.6) is 5.75 Å². The van der Waals surface area contributed by atoms with E-state index in [4.69, 9.17) is 4.74 Å².